The van der Waals surface area contributed by atoms with Gasteiger partial charge in [-0.15, -0.1) is 0 Å². The topological polar surface area (TPSA) is 61.4 Å². The van der Waals surface area contributed by atoms with Crippen LogP contribution < -0.4 is 10.6 Å². The summed E-state index contributed by atoms with van der Waals surface area (Å²) in [4.78, 5) is 12.4. The fraction of sp³-hybridized carbons (Fsp3) is 0.929. The molecule has 3 unspecified atom stereocenters. The van der Waals surface area contributed by atoms with Crippen molar-refractivity contribution in [2.45, 2.75) is 51.5 Å². The lowest BCUT2D eigenvalue weighted by Crippen LogP contribution is -2.57. The first-order valence-corrected chi connectivity index (χ1v) is 7.14. The van der Waals surface area contributed by atoms with Gasteiger partial charge in [-0.3, -0.25) is 4.79 Å². The van der Waals surface area contributed by atoms with Crippen LogP contribution in [-0.4, -0.2) is 36.2 Å². The van der Waals surface area contributed by atoms with Gasteiger partial charge in [-0.1, -0.05) is 19.8 Å². The normalized spacial score (nSPS) is 40.7. The molecule has 18 heavy (non-hydrogen) atoms. The van der Waals surface area contributed by atoms with Gasteiger partial charge < -0.3 is 15.7 Å². The SMILES string of the molecule is CC1CCCC(CO)(NC(=O)C2(C)CCNC2)C1. The molecular weight excluding hydrogens is 228 g/mol. The Hall–Kier alpha value is -0.610. The van der Waals surface area contributed by atoms with Crippen molar-refractivity contribution in [1.29, 1.82) is 0 Å². The van der Waals surface area contributed by atoms with Crippen LogP contribution in [0, 0.1) is 11.3 Å². The zero-order chi connectivity index (χ0) is 13.2. The van der Waals surface area contributed by atoms with E-state index in [0.29, 0.717) is 5.92 Å². The zero-order valence-electron chi connectivity index (χ0n) is 11.6. The molecule has 1 saturated heterocycles. The Kier molecular flexibility index (Phi) is 3.97. The largest absolute Gasteiger partial charge is 0.394 e. The molecule has 1 saturated carbocycles. The fourth-order valence-electron chi connectivity index (χ4n) is 3.36. The zero-order valence-corrected chi connectivity index (χ0v) is 11.6. The van der Waals surface area contributed by atoms with Crippen molar-refractivity contribution in [1.82, 2.24) is 10.6 Å². The quantitative estimate of drug-likeness (QED) is 0.705. The van der Waals surface area contributed by atoms with Crippen LogP contribution in [0.1, 0.15) is 46.0 Å². The summed E-state index contributed by atoms with van der Waals surface area (Å²) < 4.78 is 0. The van der Waals surface area contributed by atoms with Crippen LogP contribution in [0.2, 0.25) is 0 Å². The van der Waals surface area contributed by atoms with Gasteiger partial charge in [0.2, 0.25) is 5.91 Å². The maximum atomic E-state index is 12.4. The minimum absolute atomic E-state index is 0.0621. The number of aliphatic hydroxyl groups is 1. The highest BCUT2D eigenvalue weighted by Crippen LogP contribution is 2.34. The number of nitrogens with one attached hydrogen (secondary N) is 2. The van der Waals surface area contributed by atoms with Gasteiger partial charge in [0.15, 0.2) is 0 Å². The smallest absolute Gasteiger partial charge is 0.227 e. The van der Waals surface area contributed by atoms with Gasteiger partial charge in [-0.05, 0) is 38.6 Å². The number of hydrogen-bond donors (Lipinski definition) is 3. The van der Waals surface area contributed by atoms with Crippen LogP contribution in [0.3, 0.4) is 0 Å². The summed E-state index contributed by atoms with van der Waals surface area (Å²) in [5.74, 6) is 0.691. The molecule has 4 nitrogen and oxygen atoms in total. The van der Waals surface area contributed by atoms with Crippen molar-refractivity contribution < 1.29 is 9.90 Å². The van der Waals surface area contributed by atoms with Crippen molar-refractivity contribution in [3.05, 3.63) is 0 Å². The maximum absolute atomic E-state index is 12.4. The molecule has 0 aromatic rings. The van der Waals surface area contributed by atoms with Gasteiger partial charge in [-0.2, -0.15) is 0 Å². The van der Waals surface area contributed by atoms with E-state index in [9.17, 15) is 9.90 Å². The minimum atomic E-state index is -0.375. The van der Waals surface area contributed by atoms with Gasteiger partial charge in [0.05, 0.1) is 17.6 Å². The first-order valence-electron chi connectivity index (χ1n) is 7.14. The lowest BCUT2D eigenvalue weighted by Gasteiger charge is -2.41. The highest BCUT2D eigenvalue weighted by molar-refractivity contribution is 5.83. The molecule has 0 radical (unpaired) electrons. The average molecular weight is 254 g/mol. The summed E-state index contributed by atoms with van der Waals surface area (Å²) in [6.45, 7) is 5.93. The Balaban J connectivity index is 2.03. The molecule has 3 atom stereocenters. The van der Waals surface area contributed by atoms with Crippen LogP contribution in [0.5, 0.6) is 0 Å². The van der Waals surface area contributed by atoms with E-state index in [0.717, 1.165) is 38.8 Å². The number of amides is 1. The molecule has 0 aromatic carbocycles. The molecule has 2 fully saturated rings. The Morgan fingerprint density at radius 1 is 1.50 bits per heavy atom. The van der Waals surface area contributed by atoms with E-state index in [1.54, 1.807) is 0 Å². The van der Waals surface area contributed by atoms with Gasteiger partial charge in [-0.25, -0.2) is 0 Å². The van der Waals surface area contributed by atoms with Crippen molar-refractivity contribution in [2.75, 3.05) is 19.7 Å². The molecule has 2 aliphatic rings. The average Bonchev–Trinajstić information content (AvgIpc) is 2.77. The van der Waals surface area contributed by atoms with Crippen LogP contribution in [0.15, 0.2) is 0 Å². The van der Waals surface area contributed by atoms with Crippen molar-refractivity contribution in [3.8, 4) is 0 Å². The first-order chi connectivity index (χ1) is 8.50. The highest BCUT2D eigenvalue weighted by Gasteiger charge is 2.42. The van der Waals surface area contributed by atoms with Crippen molar-refractivity contribution in [2.24, 2.45) is 11.3 Å². The Bertz CT molecular complexity index is 313. The van der Waals surface area contributed by atoms with Crippen molar-refractivity contribution >= 4 is 5.91 Å². The molecule has 3 N–H and O–H groups in total. The lowest BCUT2D eigenvalue weighted by atomic mass is 9.76. The molecule has 2 rings (SSSR count). The number of hydrogen-bond acceptors (Lipinski definition) is 3. The third-order valence-corrected chi connectivity index (χ3v) is 4.69. The molecule has 4 heteroatoms. The third-order valence-electron chi connectivity index (χ3n) is 4.69. The van der Waals surface area contributed by atoms with Crippen LogP contribution in [0.4, 0.5) is 0 Å². The molecule has 1 aliphatic heterocycles. The molecule has 0 bridgehead atoms. The standard InChI is InChI=1S/C14H26N2O2/c1-11-4-3-5-14(8-11,10-17)16-12(18)13(2)6-7-15-9-13/h11,15,17H,3-10H2,1-2H3,(H,16,18). The summed E-state index contributed by atoms with van der Waals surface area (Å²) in [5.41, 5.74) is -0.677. The number of carbonyl (C=O) groups excluding carboxylic acids is 1. The lowest BCUT2D eigenvalue weighted by molar-refractivity contribution is -0.132. The maximum Gasteiger partial charge on any atom is 0.227 e. The number of rotatable bonds is 3. The second-order valence-corrected chi connectivity index (χ2v) is 6.58. The molecule has 1 aliphatic carbocycles. The Morgan fingerprint density at radius 3 is 2.83 bits per heavy atom. The Morgan fingerprint density at radius 2 is 2.28 bits per heavy atom. The highest BCUT2D eigenvalue weighted by atomic mass is 16.3. The predicted molar refractivity (Wildman–Crippen MR) is 71.2 cm³/mol. The van der Waals surface area contributed by atoms with E-state index >= 15 is 0 Å². The minimum Gasteiger partial charge on any atom is -0.394 e. The van der Waals surface area contributed by atoms with Gasteiger partial charge in [0.25, 0.3) is 0 Å². The number of aliphatic hydroxyl groups excluding tert-OH is 1. The summed E-state index contributed by atoms with van der Waals surface area (Å²) in [5, 5.41) is 16.1. The predicted octanol–water partition coefficient (Wildman–Crippen LogP) is 1.04. The van der Waals surface area contributed by atoms with E-state index in [1.807, 2.05) is 6.92 Å². The van der Waals surface area contributed by atoms with E-state index < -0.39 is 0 Å². The summed E-state index contributed by atoms with van der Waals surface area (Å²) in [7, 11) is 0. The second kappa shape index (κ2) is 5.17. The fourth-order valence-corrected chi connectivity index (χ4v) is 3.36. The van der Waals surface area contributed by atoms with E-state index in [-0.39, 0.29) is 23.5 Å². The summed E-state index contributed by atoms with van der Waals surface area (Å²) in [6.07, 6.45) is 4.99. The van der Waals surface area contributed by atoms with E-state index in [2.05, 4.69) is 17.6 Å². The number of carbonyl (C=O) groups is 1. The van der Waals surface area contributed by atoms with Gasteiger partial charge in [0, 0.05) is 6.54 Å². The van der Waals surface area contributed by atoms with E-state index in [4.69, 9.17) is 0 Å². The molecular formula is C14H26N2O2. The monoisotopic (exact) mass is 254 g/mol. The third kappa shape index (κ3) is 2.69. The van der Waals surface area contributed by atoms with Crippen LogP contribution in [-0.2, 0) is 4.79 Å². The Labute approximate surface area is 110 Å². The molecule has 0 aromatic heterocycles. The van der Waals surface area contributed by atoms with Gasteiger partial charge in [0.1, 0.15) is 0 Å². The second-order valence-electron chi connectivity index (χ2n) is 6.58. The van der Waals surface area contributed by atoms with Crippen LogP contribution in [0.25, 0.3) is 0 Å². The molecule has 1 heterocycles. The first kappa shape index (κ1) is 13.8. The van der Waals surface area contributed by atoms with Crippen LogP contribution >= 0.6 is 0 Å². The molecule has 0 spiro atoms. The molecule has 104 valence electrons. The van der Waals surface area contributed by atoms with Crippen molar-refractivity contribution in [3.63, 3.8) is 0 Å². The van der Waals surface area contributed by atoms with E-state index in [1.165, 1.54) is 6.42 Å². The summed E-state index contributed by atoms with van der Waals surface area (Å²) in [6, 6.07) is 0. The summed E-state index contributed by atoms with van der Waals surface area (Å²) >= 11 is 0. The molecule has 1 amide bonds. The van der Waals surface area contributed by atoms with Gasteiger partial charge >= 0.3 is 0 Å².